The number of amides is 2. The Morgan fingerprint density at radius 1 is 1.21 bits per heavy atom. The number of fused-ring (bicyclic) bond motifs is 1. The highest BCUT2D eigenvalue weighted by molar-refractivity contribution is 7.90. The van der Waals surface area contributed by atoms with Gasteiger partial charge in [-0.1, -0.05) is 13.8 Å². The molecule has 2 amide bonds. The summed E-state index contributed by atoms with van der Waals surface area (Å²) in [5, 5.41) is 9.42. The Balaban J connectivity index is 2.29. The van der Waals surface area contributed by atoms with Crippen LogP contribution in [0, 0.1) is 5.92 Å². The maximum absolute atomic E-state index is 12.1. The van der Waals surface area contributed by atoms with Crippen LogP contribution in [-0.4, -0.2) is 36.6 Å². The molecule has 1 aromatic rings. The summed E-state index contributed by atoms with van der Waals surface area (Å²) in [7, 11) is -3.25. The summed E-state index contributed by atoms with van der Waals surface area (Å²) >= 11 is 0. The highest BCUT2D eigenvalue weighted by Gasteiger charge is 2.35. The lowest BCUT2D eigenvalue weighted by atomic mass is 10.1. The van der Waals surface area contributed by atoms with E-state index in [-0.39, 0.29) is 23.2 Å². The van der Waals surface area contributed by atoms with Crippen molar-refractivity contribution in [3.63, 3.8) is 0 Å². The topological polar surface area (TPSA) is 110 Å². The molecule has 2 rings (SSSR count). The first-order chi connectivity index (χ1) is 10.9. The molecule has 0 saturated carbocycles. The van der Waals surface area contributed by atoms with E-state index in [1.54, 1.807) is 4.68 Å². The van der Waals surface area contributed by atoms with Gasteiger partial charge in [0.2, 0.25) is 0 Å². The maximum Gasteiger partial charge on any atom is 0.314 e. The molecule has 0 fully saturated rings. The second-order valence-corrected chi connectivity index (χ2v) is 9.51. The van der Waals surface area contributed by atoms with Gasteiger partial charge in [-0.15, -0.1) is 0 Å². The van der Waals surface area contributed by atoms with Crippen molar-refractivity contribution in [1.29, 1.82) is 0 Å². The molecule has 0 unspecified atom stereocenters. The van der Waals surface area contributed by atoms with Crippen LogP contribution in [-0.2, 0) is 36.5 Å². The van der Waals surface area contributed by atoms with Gasteiger partial charge in [-0.3, -0.25) is 9.59 Å². The molecule has 9 heteroatoms. The van der Waals surface area contributed by atoms with E-state index in [2.05, 4.69) is 15.7 Å². The van der Waals surface area contributed by atoms with Crippen LogP contribution in [0.25, 0.3) is 0 Å². The molecule has 0 spiro atoms. The van der Waals surface area contributed by atoms with Crippen molar-refractivity contribution >= 4 is 27.5 Å². The van der Waals surface area contributed by atoms with Crippen molar-refractivity contribution in [2.75, 3.05) is 11.9 Å². The molecule has 0 saturated heterocycles. The maximum atomic E-state index is 12.1. The van der Waals surface area contributed by atoms with Crippen molar-refractivity contribution in [3.05, 3.63) is 11.3 Å². The number of hydrogen-bond acceptors (Lipinski definition) is 5. The van der Waals surface area contributed by atoms with Crippen LogP contribution >= 0.6 is 0 Å². The molecule has 2 N–H and O–H groups in total. The summed E-state index contributed by atoms with van der Waals surface area (Å²) in [6.45, 7) is 9.89. The fraction of sp³-hybridized carbons (Fsp3) is 0.667. The molecule has 1 aliphatic heterocycles. The van der Waals surface area contributed by atoms with E-state index in [4.69, 9.17) is 0 Å². The van der Waals surface area contributed by atoms with Crippen LogP contribution < -0.4 is 10.6 Å². The van der Waals surface area contributed by atoms with Crippen LogP contribution in [0.4, 0.5) is 5.82 Å². The van der Waals surface area contributed by atoms with Crippen LogP contribution in [0.15, 0.2) is 0 Å². The van der Waals surface area contributed by atoms with Crippen molar-refractivity contribution in [2.45, 2.75) is 51.7 Å². The summed E-state index contributed by atoms with van der Waals surface area (Å²) in [5.74, 6) is -1.40. The second kappa shape index (κ2) is 6.19. The average molecular weight is 356 g/mol. The molecule has 1 aromatic heterocycles. The van der Waals surface area contributed by atoms with Gasteiger partial charge in [-0.25, -0.2) is 13.1 Å². The highest BCUT2D eigenvalue weighted by Crippen LogP contribution is 2.34. The largest absolute Gasteiger partial charge is 0.348 e. The minimum Gasteiger partial charge on any atom is -0.348 e. The Labute approximate surface area is 141 Å². The third-order valence-corrected chi connectivity index (χ3v) is 4.97. The standard InChI is InChI=1S/C15H24N4O4S/c1-9(2)6-16-13(20)14(21)17-12-10-7-24(22,23)8-11(10)18-19(12)15(3,4)5/h9H,6-8H2,1-5H3,(H,16,20)(H,17,21). The Morgan fingerprint density at radius 2 is 1.83 bits per heavy atom. The van der Waals surface area contributed by atoms with Gasteiger partial charge < -0.3 is 10.6 Å². The molecule has 0 bridgehead atoms. The quantitative estimate of drug-likeness (QED) is 0.778. The number of sulfone groups is 1. The SMILES string of the molecule is CC(C)CNC(=O)C(=O)Nc1c2c(nn1C(C)(C)C)CS(=O)(=O)C2. The van der Waals surface area contributed by atoms with Crippen molar-refractivity contribution in [1.82, 2.24) is 15.1 Å². The summed E-state index contributed by atoms with van der Waals surface area (Å²) in [4.78, 5) is 24.0. The van der Waals surface area contributed by atoms with E-state index < -0.39 is 27.2 Å². The molecular weight excluding hydrogens is 332 g/mol. The first kappa shape index (κ1) is 18.4. The second-order valence-electron chi connectivity index (χ2n) is 7.45. The van der Waals surface area contributed by atoms with Gasteiger partial charge in [-0.2, -0.15) is 5.10 Å². The van der Waals surface area contributed by atoms with E-state index in [1.807, 2.05) is 34.6 Å². The van der Waals surface area contributed by atoms with Gasteiger partial charge in [0.1, 0.15) is 5.82 Å². The summed E-state index contributed by atoms with van der Waals surface area (Å²) < 4.78 is 25.2. The first-order valence-electron chi connectivity index (χ1n) is 7.81. The third-order valence-electron chi connectivity index (χ3n) is 3.53. The lowest BCUT2D eigenvalue weighted by Gasteiger charge is -2.23. The Bertz CT molecular complexity index is 772. The van der Waals surface area contributed by atoms with Gasteiger partial charge >= 0.3 is 11.8 Å². The summed E-state index contributed by atoms with van der Waals surface area (Å²) in [6.07, 6.45) is 0. The molecular formula is C15H24N4O4S. The zero-order valence-corrected chi connectivity index (χ0v) is 15.5. The number of rotatable bonds is 3. The number of hydrogen-bond donors (Lipinski definition) is 2. The fourth-order valence-corrected chi connectivity index (χ4v) is 3.89. The Hall–Kier alpha value is -1.90. The van der Waals surface area contributed by atoms with Crippen LogP contribution in [0.5, 0.6) is 0 Å². The first-order valence-corrected chi connectivity index (χ1v) is 9.63. The molecule has 0 atom stereocenters. The lowest BCUT2D eigenvalue weighted by Crippen LogP contribution is -2.38. The number of carbonyl (C=O) groups is 2. The zero-order valence-electron chi connectivity index (χ0n) is 14.6. The number of aromatic nitrogens is 2. The van der Waals surface area contributed by atoms with Gasteiger partial charge in [0.05, 0.1) is 22.7 Å². The fourth-order valence-electron chi connectivity index (χ4n) is 2.40. The molecule has 1 aliphatic rings. The minimum atomic E-state index is -3.25. The van der Waals surface area contributed by atoms with Crippen LogP contribution in [0.3, 0.4) is 0 Å². The van der Waals surface area contributed by atoms with Gasteiger partial charge in [0.15, 0.2) is 9.84 Å². The van der Waals surface area contributed by atoms with E-state index in [1.165, 1.54) is 0 Å². The van der Waals surface area contributed by atoms with Crippen molar-refractivity contribution in [2.24, 2.45) is 5.92 Å². The predicted octanol–water partition coefficient (Wildman–Crippen LogP) is 0.777. The summed E-state index contributed by atoms with van der Waals surface area (Å²) in [6, 6.07) is 0. The van der Waals surface area contributed by atoms with E-state index in [0.29, 0.717) is 17.8 Å². The van der Waals surface area contributed by atoms with E-state index in [9.17, 15) is 18.0 Å². The number of anilines is 1. The van der Waals surface area contributed by atoms with Gasteiger partial charge in [-0.05, 0) is 26.7 Å². The highest BCUT2D eigenvalue weighted by atomic mass is 32.2. The van der Waals surface area contributed by atoms with E-state index >= 15 is 0 Å². The van der Waals surface area contributed by atoms with E-state index in [0.717, 1.165) is 0 Å². The molecule has 0 aromatic carbocycles. The zero-order chi connectivity index (χ0) is 18.3. The van der Waals surface area contributed by atoms with Crippen LogP contribution in [0.2, 0.25) is 0 Å². The minimum absolute atomic E-state index is 0.145. The lowest BCUT2D eigenvalue weighted by molar-refractivity contribution is -0.136. The number of nitrogens with one attached hydrogen (secondary N) is 2. The van der Waals surface area contributed by atoms with Gasteiger partial charge in [0, 0.05) is 12.1 Å². The molecule has 2 heterocycles. The Morgan fingerprint density at radius 3 is 2.38 bits per heavy atom. The number of carbonyl (C=O) groups excluding carboxylic acids is 2. The summed E-state index contributed by atoms with van der Waals surface area (Å²) in [5.41, 5.74) is 0.434. The average Bonchev–Trinajstić information content (AvgIpc) is 2.88. The molecule has 24 heavy (non-hydrogen) atoms. The molecule has 0 aliphatic carbocycles. The molecule has 8 nitrogen and oxygen atoms in total. The van der Waals surface area contributed by atoms with Crippen molar-refractivity contribution in [3.8, 4) is 0 Å². The predicted molar refractivity (Wildman–Crippen MR) is 90.0 cm³/mol. The van der Waals surface area contributed by atoms with Gasteiger partial charge in [0.25, 0.3) is 0 Å². The monoisotopic (exact) mass is 356 g/mol. The molecule has 134 valence electrons. The van der Waals surface area contributed by atoms with Crippen molar-refractivity contribution < 1.29 is 18.0 Å². The number of nitrogens with zero attached hydrogens (tertiary/aromatic N) is 2. The smallest absolute Gasteiger partial charge is 0.314 e. The third kappa shape index (κ3) is 3.95. The van der Waals surface area contributed by atoms with Crippen LogP contribution in [0.1, 0.15) is 45.9 Å². The Kier molecular flexibility index (Phi) is 4.76. The normalized spacial score (nSPS) is 16.1. The molecule has 0 radical (unpaired) electrons.